The van der Waals surface area contributed by atoms with E-state index in [2.05, 4.69) is 15.6 Å². The summed E-state index contributed by atoms with van der Waals surface area (Å²) in [5, 5.41) is 5.69. The molecular weight excluding hydrogens is 330 g/mol. The van der Waals surface area contributed by atoms with E-state index in [-0.39, 0.29) is 23.6 Å². The van der Waals surface area contributed by atoms with Gasteiger partial charge < -0.3 is 15.4 Å². The molecule has 1 aliphatic heterocycles. The molecule has 6 heteroatoms. The lowest BCUT2D eigenvalue weighted by molar-refractivity contribution is 0.0853. The number of rotatable bonds is 5. The number of hydrogen-bond donors (Lipinski definition) is 2. The number of amides is 2. The van der Waals surface area contributed by atoms with Gasteiger partial charge in [-0.15, -0.1) is 0 Å². The molecule has 0 saturated carbocycles. The SMILES string of the molecule is Cc1ccc(NC(=O)c2ccnc(C(=O)NCC3CCCO3)c2)c(C)c1. The van der Waals surface area contributed by atoms with E-state index in [1.807, 2.05) is 32.0 Å². The van der Waals surface area contributed by atoms with E-state index in [0.29, 0.717) is 12.1 Å². The zero-order chi connectivity index (χ0) is 18.5. The van der Waals surface area contributed by atoms with E-state index < -0.39 is 0 Å². The van der Waals surface area contributed by atoms with Crippen molar-refractivity contribution in [2.45, 2.75) is 32.8 Å². The van der Waals surface area contributed by atoms with E-state index in [1.165, 1.54) is 12.3 Å². The Kier molecular flexibility index (Phi) is 5.63. The average Bonchev–Trinajstić information content (AvgIpc) is 3.15. The van der Waals surface area contributed by atoms with Crippen molar-refractivity contribution in [2.24, 2.45) is 0 Å². The average molecular weight is 353 g/mol. The van der Waals surface area contributed by atoms with Crippen molar-refractivity contribution in [3.05, 3.63) is 58.9 Å². The Bertz CT molecular complexity index is 814. The standard InChI is InChI=1S/C20H23N3O3/c1-13-5-6-17(14(2)10-13)23-19(24)15-7-8-21-18(11-15)20(25)22-12-16-4-3-9-26-16/h5-8,10-11,16H,3-4,9,12H2,1-2H3,(H,22,25)(H,23,24). The van der Waals surface area contributed by atoms with Crippen LogP contribution in [0.1, 0.15) is 44.8 Å². The zero-order valence-electron chi connectivity index (χ0n) is 15.0. The summed E-state index contributed by atoms with van der Waals surface area (Å²) < 4.78 is 5.49. The Morgan fingerprint density at radius 1 is 1.19 bits per heavy atom. The van der Waals surface area contributed by atoms with Gasteiger partial charge >= 0.3 is 0 Å². The van der Waals surface area contributed by atoms with Gasteiger partial charge in [0.15, 0.2) is 0 Å². The Morgan fingerprint density at radius 3 is 2.77 bits per heavy atom. The maximum absolute atomic E-state index is 12.5. The quantitative estimate of drug-likeness (QED) is 0.866. The first-order chi connectivity index (χ1) is 12.5. The minimum Gasteiger partial charge on any atom is -0.376 e. The van der Waals surface area contributed by atoms with E-state index >= 15 is 0 Å². The van der Waals surface area contributed by atoms with Crippen LogP contribution in [0.15, 0.2) is 36.5 Å². The monoisotopic (exact) mass is 353 g/mol. The smallest absolute Gasteiger partial charge is 0.269 e. The number of nitrogens with one attached hydrogen (secondary N) is 2. The van der Waals surface area contributed by atoms with Gasteiger partial charge in [0.25, 0.3) is 11.8 Å². The molecule has 0 aliphatic carbocycles. The normalized spacial score (nSPS) is 16.3. The number of carbonyl (C=O) groups is 2. The largest absolute Gasteiger partial charge is 0.376 e. The van der Waals surface area contributed by atoms with Crippen molar-refractivity contribution in [2.75, 3.05) is 18.5 Å². The lowest BCUT2D eigenvalue weighted by atomic mass is 10.1. The first-order valence-electron chi connectivity index (χ1n) is 8.77. The number of nitrogens with zero attached hydrogens (tertiary/aromatic N) is 1. The van der Waals surface area contributed by atoms with Crippen LogP contribution in [0.25, 0.3) is 0 Å². The van der Waals surface area contributed by atoms with E-state index in [4.69, 9.17) is 4.74 Å². The molecule has 0 radical (unpaired) electrons. The molecule has 1 unspecified atom stereocenters. The molecule has 0 spiro atoms. The zero-order valence-corrected chi connectivity index (χ0v) is 15.0. The maximum Gasteiger partial charge on any atom is 0.269 e. The van der Waals surface area contributed by atoms with Crippen molar-refractivity contribution in [1.29, 1.82) is 0 Å². The molecule has 2 aromatic rings. The first kappa shape index (κ1) is 18.1. The third kappa shape index (κ3) is 4.46. The molecule has 136 valence electrons. The number of hydrogen-bond acceptors (Lipinski definition) is 4. The summed E-state index contributed by atoms with van der Waals surface area (Å²) in [4.78, 5) is 28.8. The fraction of sp³-hybridized carbons (Fsp3) is 0.350. The van der Waals surface area contributed by atoms with Crippen LogP contribution < -0.4 is 10.6 Å². The number of anilines is 1. The second-order valence-electron chi connectivity index (χ2n) is 6.55. The van der Waals surface area contributed by atoms with E-state index in [9.17, 15) is 9.59 Å². The van der Waals surface area contributed by atoms with Crippen LogP contribution in [0.2, 0.25) is 0 Å². The van der Waals surface area contributed by atoms with Gasteiger partial charge in [-0.1, -0.05) is 17.7 Å². The lowest BCUT2D eigenvalue weighted by Crippen LogP contribution is -2.32. The van der Waals surface area contributed by atoms with Crippen LogP contribution in [0.5, 0.6) is 0 Å². The van der Waals surface area contributed by atoms with Crippen molar-refractivity contribution in [3.8, 4) is 0 Å². The van der Waals surface area contributed by atoms with Crippen LogP contribution in [-0.2, 0) is 4.74 Å². The predicted molar refractivity (Wildman–Crippen MR) is 99.4 cm³/mol. The molecule has 2 N–H and O–H groups in total. The van der Waals surface area contributed by atoms with Gasteiger partial charge in [-0.3, -0.25) is 14.6 Å². The van der Waals surface area contributed by atoms with Crippen molar-refractivity contribution >= 4 is 17.5 Å². The Labute approximate surface area is 153 Å². The second kappa shape index (κ2) is 8.10. The topological polar surface area (TPSA) is 80.3 Å². The molecule has 3 rings (SSSR count). The molecule has 1 saturated heterocycles. The highest BCUT2D eigenvalue weighted by molar-refractivity contribution is 6.06. The van der Waals surface area contributed by atoms with Gasteiger partial charge in [0.2, 0.25) is 0 Å². The van der Waals surface area contributed by atoms with E-state index in [0.717, 1.165) is 36.3 Å². The second-order valence-corrected chi connectivity index (χ2v) is 6.55. The number of benzene rings is 1. The number of carbonyl (C=O) groups excluding carboxylic acids is 2. The fourth-order valence-corrected chi connectivity index (χ4v) is 2.95. The highest BCUT2D eigenvalue weighted by atomic mass is 16.5. The Balaban J connectivity index is 1.65. The van der Waals surface area contributed by atoms with Crippen LogP contribution in [-0.4, -0.2) is 36.1 Å². The molecule has 0 bridgehead atoms. The third-order valence-electron chi connectivity index (χ3n) is 4.40. The van der Waals surface area contributed by atoms with Gasteiger partial charge in [0.1, 0.15) is 5.69 Å². The van der Waals surface area contributed by atoms with Gasteiger partial charge in [-0.25, -0.2) is 0 Å². The molecule has 1 aliphatic rings. The predicted octanol–water partition coefficient (Wildman–Crippen LogP) is 2.86. The summed E-state index contributed by atoms with van der Waals surface area (Å²) in [5.41, 5.74) is 3.48. The molecule has 6 nitrogen and oxygen atoms in total. The molecule has 2 amide bonds. The Morgan fingerprint density at radius 2 is 2.04 bits per heavy atom. The Hall–Kier alpha value is -2.73. The van der Waals surface area contributed by atoms with Crippen LogP contribution in [0.3, 0.4) is 0 Å². The van der Waals surface area contributed by atoms with Crippen LogP contribution >= 0.6 is 0 Å². The first-order valence-corrected chi connectivity index (χ1v) is 8.77. The molecule has 1 aromatic carbocycles. The van der Waals surface area contributed by atoms with Gasteiger partial charge in [0, 0.05) is 30.6 Å². The molecule has 26 heavy (non-hydrogen) atoms. The van der Waals surface area contributed by atoms with Gasteiger partial charge in [-0.05, 0) is 50.5 Å². The number of ether oxygens (including phenoxy) is 1. The van der Waals surface area contributed by atoms with Crippen LogP contribution in [0, 0.1) is 13.8 Å². The van der Waals surface area contributed by atoms with Gasteiger partial charge in [-0.2, -0.15) is 0 Å². The molecule has 2 heterocycles. The minimum absolute atomic E-state index is 0.0648. The van der Waals surface area contributed by atoms with E-state index in [1.54, 1.807) is 6.07 Å². The number of aromatic nitrogens is 1. The van der Waals surface area contributed by atoms with Gasteiger partial charge in [0.05, 0.1) is 6.10 Å². The molecule has 1 fully saturated rings. The van der Waals surface area contributed by atoms with Crippen molar-refractivity contribution in [1.82, 2.24) is 10.3 Å². The maximum atomic E-state index is 12.5. The highest BCUT2D eigenvalue weighted by Gasteiger charge is 2.18. The highest BCUT2D eigenvalue weighted by Crippen LogP contribution is 2.17. The van der Waals surface area contributed by atoms with Crippen molar-refractivity contribution in [3.63, 3.8) is 0 Å². The van der Waals surface area contributed by atoms with Crippen molar-refractivity contribution < 1.29 is 14.3 Å². The molecule has 1 atom stereocenters. The molecule has 1 aromatic heterocycles. The summed E-state index contributed by atoms with van der Waals surface area (Å²) >= 11 is 0. The summed E-state index contributed by atoms with van der Waals surface area (Å²) in [6.07, 6.45) is 3.51. The third-order valence-corrected chi connectivity index (χ3v) is 4.40. The number of aryl methyl sites for hydroxylation is 2. The fourth-order valence-electron chi connectivity index (χ4n) is 2.95. The number of pyridine rings is 1. The van der Waals surface area contributed by atoms with Crippen LogP contribution in [0.4, 0.5) is 5.69 Å². The summed E-state index contributed by atoms with van der Waals surface area (Å²) in [5.74, 6) is -0.575. The minimum atomic E-state index is -0.304. The summed E-state index contributed by atoms with van der Waals surface area (Å²) in [6, 6.07) is 8.92. The molecular formula is C20H23N3O3. The lowest BCUT2D eigenvalue weighted by Gasteiger charge is -2.11. The summed E-state index contributed by atoms with van der Waals surface area (Å²) in [6.45, 7) is 5.15. The summed E-state index contributed by atoms with van der Waals surface area (Å²) in [7, 11) is 0.